The molecule has 1 aromatic carbocycles. The van der Waals surface area contributed by atoms with Crippen molar-refractivity contribution in [3.63, 3.8) is 0 Å². The molecule has 17 heavy (non-hydrogen) atoms. The normalized spacial score (nSPS) is 17.3. The highest BCUT2D eigenvalue weighted by molar-refractivity contribution is 5.30. The molecule has 0 aromatic heterocycles. The minimum absolute atomic E-state index is 0.787. The first-order chi connectivity index (χ1) is 8.25. The second-order valence-electron chi connectivity index (χ2n) is 5.46. The number of nitrogens with one attached hydrogen (secondary N) is 1. The second kappa shape index (κ2) is 6.20. The lowest BCUT2D eigenvalue weighted by Gasteiger charge is -2.22. The van der Waals surface area contributed by atoms with Crippen molar-refractivity contribution < 1.29 is 0 Å². The molecule has 0 saturated heterocycles. The molecule has 1 saturated carbocycles. The Morgan fingerprint density at radius 2 is 1.82 bits per heavy atom. The Bertz CT molecular complexity index is 351. The molecule has 94 valence electrons. The molecule has 0 bridgehead atoms. The van der Waals surface area contributed by atoms with Crippen molar-refractivity contribution >= 4 is 0 Å². The van der Waals surface area contributed by atoms with Crippen LogP contribution in [0, 0.1) is 13.8 Å². The monoisotopic (exact) mass is 231 g/mol. The van der Waals surface area contributed by atoms with E-state index in [0.717, 1.165) is 19.0 Å². The minimum Gasteiger partial charge on any atom is -0.314 e. The third kappa shape index (κ3) is 3.85. The van der Waals surface area contributed by atoms with Crippen molar-refractivity contribution in [3.8, 4) is 0 Å². The van der Waals surface area contributed by atoms with Gasteiger partial charge in [-0.2, -0.15) is 0 Å². The van der Waals surface area contributed by atoms with E-state index in [4.69, 9.17) is 0 Å². The standard InChI is InChI=1S/C16H25N/c1-13-8-9-15(12-14(13)2)10-11-17-16-6-4-3-5-7-16/h8-9,12,16-17H,3-7,10-11H2,1-2H3. The molecule has 0 unspecified atom stereocenters. The van der Waals surface area contributed by atoms with Crippen LogP contribution in [0.3, 0.4) is 0 Å². The van der Waals surface area contributed by atoms with Gasteiger partial charge in [0.15, 0.2) is 0 Å². The van der Waals surface area contributed by atoms with Gasteiger partial charge in [-0.3, -0.25) is 0 Å². The van der Waals surface area contributed by atoms with E-state index in [-0.39, 0.29) is 0 Å². The van der Waals surface area contributed by atoms with E-state index in [1.807, 2.05) is 0 Å². The topological polar surface area (TPSA) is 12.0 Å². The summed E-state index contributed by atoms with van der Waals surface area (Å²) in [4.78, 5) is 0. The molecule has 2 rings (SSSR count). The van der Waals surface area contributed by atoms with Crippen LogP contribution >= 0.6 is 0 Å². The highest BCUT2D eigenvalue weighted by atomic mass is 14.9. The van der Waals surface area contributed by atoms with Crippen LogP contribution in [-0.4, -0.2) is 12.6 Å². The van der Waals surface area contributed by atoms with E-state index in [9.17, 15) is 0 Å². The first-order valence-electron chi connectivity index (χ1n) is 7.05. The molecule has 1 heteroatoms. The summed E-state index contributed by atoms with van der Waals surface area (Å²) in [7, 11) is 0. The zero-order valence-electron chi connectivity index (χ0n) is 11.3. The molecule has 1 fully saturated rings. The fraction of sp³-hybridized carbons (Fsp3) is 0.625. The molecule has 1 aliphatic rings. The summed E-state index contributed by atoms with van der Waals surface area (Å²) >= 11 is 0. The summed E-state index contributed by atoms with van der Waals surface area (Å²) in [6, 6.07) is 7.63. The molecule has 0 amide bonds. The fourth-order valence-corrected chi connectivity index (χ4v) is 2.69. The summed E-state index contributed by atoms with van der Waals surface area (Å²) in [6.45, 7) is 5.51. The maximum Gasteiger partial charge on any atom is 0.00671 e. The Balaban J connectivity index is 1.75. The van der Waals surface area contributed by atoms with Crippen LogP contribution in [-0.2, 0) is 6.42 Å². The molecule has 1 nitrogen and oxygen atoms in total. The van der Waals surface area contributed by atoms with Crippen LogP contribution in [0.4, 0.5) is 0 Å². The first-order valence-corrected chi connectivity index (χ1v) is 7.05. The van der Waals surface area contributed by atoms with Gasteiger partial charge in [0.25, 0.3) is 0 Å². The molecule has 0 heterocycles. The highest BCUT2D eigenvalue weighted by Crippen LogP contribution is 2.17. The van der Waals surface area contributed by atoms with Crippen LogP contribution in [0.15, 0.2) is 18.2 Å². The van der Waals surface area contributed by atoms with Gasteiger partial charge in [-0.25, -0.2) is 0 Å². The SMILES string of the molecule is Cc1ccc(CCNC2CCCCC2)cc1C. The van der Waals surface area contributed by atoms with Gasteiger partial charge in [-0.15, -0.1) is 0 Å². The average Bonchev–Trinajstić information content (AvgIpc) is 2.35. The van der Waals surface area contributed by atoms with Crippen molar-refractivity contribution in [2.45, 2.75) is 58.4 Å². The molecule has 1 aromatic rings. The molecule has 1 N–H and O–H groups in total. The molecular formula is C16H25N. The van der Waals surface area contributed by atoms with Gasteiger partial charge in [0.05, 0.1) is 0 Å². The zero-order valence-corrected chi connectivity index (χ0v) is 11.3. The van der Waals surface area contributed by atoms with Crippen molar-refractivity contribution in [1.29, 1.82) is 0 Å². The van der Waals surface area contributed by atoms with Gasteiger partial charge in [-0.05, 0) is 56.3 Å². The van der Waals surface area contributed by atoms with Gasteiger partial charge in [0, 0.05) is 6.04 Å². The van der Waals surface area contributed by atoms with Crippen molar-refractivity contribution in [2.24, 2.45) is 0 Å². The van der Waals surface area contributed by atoms with E-state index in [2.05, 4.69) is 37.4 Å². The summed E-state index contributed by atoms with van der Waals surface area (Å²) < 4.78 is 0. The van der Waals surface area contributed by atoms with Gasteiger partial charge in [0.2, 0.25) is 0 Å². The first kappa shape index (κ1) is 12.6. The second-order valence-corrected chi connectivity index (χ2v) is 5.46. The van der Waals surface area contributed by atoms with Crippen molar-refractivity contribution in [1.82, 2.24) is 5.32 Å². The van der Waals surface area contributed by atoms with E-state index in [1.54, 1.807) is 0 Å². The third-order valence-electron chi connectivity index (χ3n) is 4.02. The van der Waals surface area contributed by atoms with Crippen LogP contribution < -0.4 is 5.32 Å². The van der Waals surface area contributed by atoms with E-state index < -0.39 is 0 Å². The maximum atomic E-state index is 3.70. The molecule has 0 spiro atoms. The third-order valence-corrected chi connectivity index (χ3v) is 4.02. The van der Waals surface area contributed by atoms with Gasteiger partial charge < -0.3 is 5.32 Å². The van der Waals surface area contributed by atoms with Crippen molar-refractivity contribution in [2.75, 3.05) is 6.54 Å². The van der Waals surface area contributed by atoms with Crippen LogP contribution in [0.5, 0.6) is 0 Å². The fourth-order valence-electron chi connectivity index (χ4n) is 2.69. The quantitative estimate of drug-likeness (QED) is 0.832. The molecule has 1 aliphatic carbocycles. The van der Waals surface area contributed by atoms with Crippen LogP contribution in [0.2, 0.25) is 0 Å². The number of benzene rings is 1. The Hall–Kier alpha value is -0.820. The lowest BCUT2D eigenvalue weighted by Crippen LogP contribution is -2.32. The molecule has 0 atom stereocenters. The number of hydrogen-bond acceptors (Lipinski definition) is 1. The number of rotatable bonds is 4. The number of hydrogen-bond donors (Lipinski definition) is 1. The molecule has 0 aliphatic heterocycles. The predicted octanol–water partition coefficient (Wildman–Crippen LogP) is 3.77. The lowest BCUT2D eigenvalue weighted by atomic mass is 9.95. The van der Waals surface area contributed by atoms with Crippen LogP contribution in [0.25, 0.3) is 0 Å². The van der Waals surface area contributed by atoms with E-state index in [1.165, 1.54) is 48.8 Å². The Morgan fingerprint density at radius 3 is 2.53 bits per heavy atom. The number of aryl methyl sites for hydroxylation is 2. The Labute approximate surface area is 106 Å². The Morgan fingerprint density at radius 1 is 1.06 bits per heavy atom. The zero-order chi connectivity index (χ0) is 12.1. The van der Waals surface area contributed by atoms with Crippen LogP contribution in [0.1, 0.15) is 48.8 Å². The minimum atomic E-state index is 0.787. The van der Waals surface area contributed by atoms with E-state index >= 15 is 0 Å². The predicted molar refractivity (Wildman–Crippen MR) is 74.5 cm³/mol. The lowest BCUT2D eigenvalue weighted by molar-refractivity contribution is 0.375. The summed E-state index contributed by atoms with van der Waals surface area (Å²) in [5, 5.41) is 3.70. The molecule has 0 radical (unpaired) electrons. The van der Waals surface area contributed by atoms with Crippen molar-refractivity contribution in [3.05, 3.63) is 34.9 Å². The smallest absolute Gasteiger partial charge is 0.00671 e. The maximum absolute atomic E-state index is 3.70. The molecular weight excluding hydrogens is 206 g/mol. The van der Waals surface area contributed by atoms with Gasteiger partial charge in [0.1, 0.15) is 0 Å². The summed E-state index contributed by atoms with van der Waals surface area (Å²) in [5.41, 5.74) is 4.28. The van der Waals surface area contributed by atoms with E-state index in [0.29, 0.717) is 0 Å². The van der Waals surface area contributed by atoms with Gasteiger partial charge in [-0.1, -0.05) is 37.5 Å². The Kier molecular flexibility index (Phi) is 4.61. The average molecular weight is 231 g/mol. The summed E-state index contributed by atoms with van der Waals surface area (Å²) in [5.74, 6) is 0. The van der Waals surface area contributed by atoms with Gasteiger partial charge >= 0.3 is 0 Å². The highest BCUT2D eigenvalue weighted by Gasteiger charge is 2.11. The summed E-state index contributed by atoms with van der Waals surface area (Å²) in [6.07, 6.45) is 8.20. The largest absolute Gasteiger partial charge is 0.314 e.